The zero-order valence-electron chi connectivity index (χ0n) is 35.8. The van der Waals surface area contributed by atoms with Gasteiger partial charge in [-0.15, -0.1) is 0 Å². The summed E-state index contributed by atoms with van der Waals surface area (Å²) in [6, 6.07) is 61.8. The molecule has 0 fully saturated rings. The Labute approximate surface area is 387 Å². The molecule has 5 heterocycles. The fraction of sp³-hybridized carbons (Fsp3) is 0. The summed E-state index contributed by atoms with van der Waals surface area (Å²) in [6.45, 7) is 0. The molecule has 2 aliphatic rings. The number of H-pyrrole nitrogens is 2. The van der Waals surface area contributed by atoms with Gasteiger partial charge in [-0.05, 0) is 72.8 Å². The van der Waals surface area contributed by atoms with Crippen molar-refractivity contribution < 1.29 is 18.9 Å². The number of aromatic amines is 2. The van der Waals surface area contributed by atoms with Crippen molar-refractivity contribution in [2.75, 3.05) is 0 Å². The van der Waals surface area contributed by atoms with Crippen molar-refractivity contribution in [2.45, 2.75) is 0 Å². The molecule has 68 heavy (non-hydrogen) atoms. The quantitative estimate of drug-likeness (QED) is 0.151. The molecule has 0 saturated carbocycles. The maximum absolute atomic E-state index is 6.61. The van der Waals surface area contributed by atoms with E-state index in [9.17, 15) is 0 Å². The molecule has 322 valence electrons. The lowest BCUT2D eigenvalue weighted by Crippen LogP contribution is -1.90. The van der Waals surface area contributed by atoms with Gasteiger partial charge in [0.25, 0.3) is 0 Å². The molecular weight excluding hydrogens is 849 g/mol. The van der Waals surface area contributed by atoms with Gasteiger partial charge in [0.15, 0.2) is 23.3 Å². The Balaban J connectivity index is 1.16. The molecule has 2 aliphatic heterocycles. The molecule has 0 saturated heterocycles. The monoisotopic (exact) mass is 882 g/mol. The van der Waals surface area contributed by atoms with Gasteiger partial charge in [-0.3, -0.25) is 0 Å². The molecule has 0 radical (unpaired) electrons. The molecule has 12 nitrogen and oxygen atoms in total. The van der Waals surface area contributed by atoms with Crippen LogP contribution in [0.25, 0.3) is 89.7 Å². The molecule has 12 heteroatoms. The van der Waals surface area contributed by atoms with Crippen LogP contribution in [-0.2, 0) is 0 Å². The van der Waals surface area contributed by atoms with Crippen LogP contribution in [0.4, 0.5) is 0 Å². The van der Waals surface area contributed by atoms with E-state index >= 15 is 0 Å². The third-order valence-electron chi connectivity index (χ3n) is 11.7. The van der Waals surface area contributed by atoms with E-state index in [1.165, 1.54) is 0 Å². The predicted octanol–water partition coefficient (Wildman–Crippen LogP) is 14.0. The first-order chi connectivity index (χ1) is 33.7. The highest BCUT2D eigenvalue weighted by Gasteiger charge is 2.28. The number of fused-ring (bicyclic) bond motifs is 20. The molecule has 0 atom stereocenters. The number of hydrogen-bond acceptors (Lipinski definition) is 10. The van der Waals surface area contributed by atoms with Crippen LogP contribution in [-0.4, -0.2) is 39.9 Å². The van der Waals surface area contributed by atoms with Crippen molar-refractivity contribution in [3.05, 3.63) is 194 Å². The minimum absolute atomic E-state index is 0.362. The van der Waals surface area contributed by atoms with E-state index in [0.29, 0.717) is 119 Å². The summed E-state index contributed by atoms with van der Waals surface area (Å²) in [5, 5.41) is 2.87. The average Bonchev–Trinajstić information content (AvgIpc) is 4.12. The van der Waals surface area contributed by atoms with Crippen LogP contribution in [0.5, 0.6) is 46.0 Å². The third-order valence-corrected chi connectivity index (χ3v) is 11.7. The molecule has 0 aliphatic carbocycles. The van der Waals surface area contributed by atoms with E-state index in [-0.39, 0.29) is 0 Å². The van der Waals surface area contributed by atoms with Crippen LogP contribution >= 0.6 is 0 Å². The molecule has 0 unspecified atom stereocenters. The number of nitrogens with one attached hydrogen (secondary N) is 2. The summed E-state index contributed by atoms with van der Waals surface area (Å²) in [5.74, 6) is 6.44. The van der Waals surface area contributed by atoms with Crippen molar-refractivity contribution in [1.29, 1.82) is 0 Å². The summed E-state index contributed by atoms with van der Waals surface area (Å²) >= 11 is 0. The van der Waals surface area contributed by atoms with Crippen LogP contribution < -0.4 is 18.9 Å². The number of ether oxygens (including phenoxy) is 4. The van der Waals surface area contributed by atoms with Crippen LogP contribution in [0.15, 0.2) is 194 Å². The number of aromatic nitrogens is 8. The summed E-state index contributed by atoms with van der Waals surface area (Å²) in [7, 11) is 0. The Hall–Kier alpha value is -9.68. The third kappa shape index (κ3) is 6.88. The van der Waals surface area contributed by atoms with Crippen molar-refractivity contribution in [3.63, 3.8) is 0 Å². The zero-order valence-corrected chi connectivity index (χ0v) is 35.8. The Morgan fingerprint density at radius 3 is 1.00 bits per heavy atom. The van der Waals surface area contributed by atoms with E-state index in [2.05, 4.69) is 9.97 Å². The number of hydrogen-bond donors (Lipinski definition) is 2. The SMILES string of the molecule is c1ccc(Oc2cccc3c2-c2nc-3nc3[nH]c(nc4nc(nc5[nH]c(n2)c2cccc(Oc6ccccc6)c52)-c2c(Oc5ccccc5)cccc2-4)c2c(Oc4ccccc4)cccc32)cc1. The van der Waals surface area contributed by atoms with Gasteiger partial charge in [0.1, 0.15) is 68.6 Å². The average molecular weight is 883 g/mol. The fourth-order valence-corrected chi connectivity index (χ4v) is 8.66. The summed E-state index contributed by atoms with van der Waals surface area (Å²) in [4.78, 5) is 38.8. The van der Waals surface area contributed by atoms with Crippen molar-refractivity contribution >= 4 is 44.1 Å². The Morgan fingerprint density at radius 2 is 0.588 bits per heavy atom. The molecule has 0 spiro atoms. The van der Waals surface area contributed by atoms with Gasteiger partial charge >= 0.3 is 0 Å². The topological polar surface area (TPSA) is 146 Å². The van der Waals surface area contributed by atoms with Gasteiger partial charge < -0.3 is 28.9 Å². The summed E-state index contributed by atoms with van der Waals surface area (Å²) in [5.41, 5.74) is 4.68. The standard InChI is InChI=1S/C56H34N8O4/c1-5-17-33(18-6-1)65-41-29-13-25-37-45(41)53-58-49(37)57-50-38-26-14-30-42(66-34-19-7-2-8-20-34)46(38)54(59-50)61-52-40-28-16-32-44(68-36-23-11-4-12-24-36)48(40)56(63-52)64-55-47-39(51(60-53)62-55)27-15-31-43(47)67-35-21-9-3-10-22-35/h1-32H,(H2,57,58,59,60,61,62,63,64). The molecule has 3 aromatic heterocycles. The first-order valence-electron chi connectivity index (χ1n) is 21.9. The fourth-order valence-electron chi connectivity index (χ4n) is 8.66. The van der Waals surface area contributed by atoms with Gasteiger partial charge in [-0.2, -0.15) is 0 Å². The van der Waals surface area contributed by atoms with E-state index in [1.807, 2.05) is 194 Å². The van der Waals surface area contributed by atoms with E-state index in [0.717, 1.165) is 16.3 Å². The Kier molecular flexibility index (Phi) is 9.17. The van der Waals surface area contributed by atoms with Crippen molar-refractivity contribution in [1.82, 2.24) is 39.9 Å². The highest BCUT2D eigenvalue weighted by atomic mass is 16.5. The maximum Gasteiger partial charge on any atom is 0.168 e. The molecule has 8 aromatic carbocycles. The van der Waals surface area contributed by atoms with Gasteiger partial charge in [-0.25, -0.2) is 29.9 Å². The van der Waals surface area contributed by atoms with Gasteiger partial charge in [0.05, 0.1) is 21.9 Å². The largest absolute Gasteiger partial charge is 0.457 e. The van der Waals surface area contributed by atoms with Gasteiger partial charge in [0, 0.05) is 21.9 Å². The van der Waals surface area contributed by atoms with Gasteiger partial charge in [0.2, 0.25) is 0 Å². The summed E-state index contributed by atoms with van der Waals surface area (Å²) < 4.78 is 26.4. The molecule has 0 amide bonds. The number of para-hydroxylation sites is 4. The molecule has 2 N–H and O–H groups in total. The Bertz CT molecular complexity index is 3920. The van der Waals surface area contributed by atoms with E-state index in [1.54, 1.807) is 0 Å². The lowest BCUT2D eigenvalue weighted by molar-refractivity contribution is 0.484. The van der Waals surface area contributed by atoms with E-state index in [4.69, 9.17) is 48.9 Å². The van der Waals surface area contributed by atoms with Crippen molar-refractivity contribution in [2.24, 2.45) is 0 Å². The zero-order chi connectivity index (χ0) is 45.0. The minimum Gasteiger partial charge on any atom is -0.457 e. The second-order valence-electron chi connectivity index (χ2n) is 16.0. The normalized spacial score (nSPS) is 11.5. The van der Waals surface area contributed by atoms with Gasteiger partial charge in [-0.1, -0.05) is 121 Å². The minimum atomic E-state index is 0.362. The first kappa shape index (κ1) is 38.8. The molecule has 13 rings (SSSR count). The maximum atomic E-state index is 6.61. The number of benzene rings is 8. The number of nitrogens with zero attached hydrogens (tertiary/aromatic N) is 6. The smallest absolute Gasteiger partial charge is 0.168 e. The number of rotatable bonds is 8. The van der Waals surface area contributed by atoms with E-state index < -0.39 is 0 Å². The first-order valence-corrected chi connectivity index (χ1v) is 21.9. The highest BCUT2D eigenvalue weighted by molar-refractivity contribution is 6.10. The molecule has 8 bridgehead atoms. The van der Waals surface area contributed by atoms with Crippen LogP contribution in [0.2, 0.25) is 0 Å². The Morgan fingerprint density at radius 1 is 0.265 bits per heavy atom. The lowest BCUT2D eigenvalue weighted by atomic mass is 10.1. The second-order valence-corrected chi connectivity index (χ2v) is 16.0. The van der Waals surface area contributed by atoms with Crippen LogP contribution in [0, 0.1) is 0 Å². The molecule has 11 aromatic rings. The van der Waals surface area contributed by atoms with Crippen LogP contribution in [0.1, 0.15) is 0 Å². The highest BCUT2D eigenvalue weighted by Crippen LogP contribution is 2.46. The lowest BCUT2D eigenvalue weighted by Gasteiger charge is -2.10. The predicted molar refractivity (Wildman–Crippen MR) is 262 cm³/mol. The second kappa shape index (κ2) is 16.1. The van der Waals surface area contributed by atoms with Crippen molar-refractivity contribution in [3.8, 4) is 91.5 Å². The van der Waals surface area contributed by atoms with Crippen LogP contribution in [0.3, 0.4) is 0 Å². The summed E-state index contributed by atoms with van der Waals surface area (Å²) in [6.07, 6.45) is 0. The molecular formula is C56H34N8O4.